The van der Waals surface area contributed by atoms with Crippen LogP contribution < -0.4 is 15.5 Å². The molecule has 1 fully saturated rings. The number of guanidine groups is 1. The first kappa shape index (κ1) is 19.5. The molecule has 7 nitrogen and oxygen atoms in total. The van der Waals surface area contributed by atoms with E-state index in [4.69, 9.17) is 9.47 Å². The van der Waals surface area contributed by atoms with Crippen LogP contribution in [0.2, 0.25) is 0 Å². The van der Waals surface area contributed by atoms with Gasteiger partial charge in [-0.3, -0.25) is 0 Å². The van der Waals surface area contributed by atoms with Crippen molar-refractivity contribution in [3.05, 3.63) is 23.9 Å². The molecule has 1 atom stereocenters. The number of hydrogen-bond acceptors (Lipinski definition) is 5. The summed E-state index contributed by atoms with van der Waals surface area (Å²) in [6, 6.07) is 4.06. The topological polar surface area (TPSA) is 71.0 Å². The SMILES string of the molecule is CCNC(=NCc1ccnc(N(C)C)c1)NCCCOC1CCOC1. The molecule has 0 aromatic carbocycles. The number of hydrogen-bond donors (Lipinski definition) is 2. The first-order valence-electron chi connectivity index (χ1n) is 9.03. The minimum Gasteiger partial charge on any atom is -0.379 e. The van der Waals surface area contributed by atoms with Crippen molar-refractivity contribution in [2.45, 2.75) is 32.4 Å². The van der Waals surface area contributed by atoms with Gasteiger partial charge in [0.25, 0.3) is 0 Å². The number of nitrogens with zero attached hydrogens (tertiary/aromatic N) is 3. The van der Waals surface area contributed by atoms with Gasteiger partial charge in [-0.15, -0.1) is 0 Å². The maximum atomic E-state index is 5.77. The number of rotatable bonds is 9. The number of aromatic nitrogens is 1. The summed E-state index contributed by atoms with van der Waals surface area (Å²) < 4.78 is 11.1. The molecule has 2 N–H and O–H groups in total. The van der Waals surface area contributed by atoms with E-state index in [0.29, 0.717) is 6.54 Å². The van der Waals surface area contributed by atoms with Crippen LogP contribution in [0.25, 0.3) is 0 Å². The third-order valence-corrected chi connectivity index (χ3v) is 3.89. The predicted octanol–water partition coefficient (Wildman–Crippen LogP) is 1.40. The van der Waals surface area contributed by atoms with Crippen molar-refractivity contribution in [1.29, 1.82) is 0 Å². The van der Waals surface area contributed by atoms with Gasteiger partial charge in [0.1, 0.15) is 5.82 Å². The first-order chi connectivity index (χ1) is 12.2. The average molecular weight is 349 g/mol. The van der Waals surface area contributed by atoms with Gasteiger partial charge in [0, 0.05) is 46.6 Å². The van der Waals surface area contributed by atoms with Gasteiger partial charge in [-0.05, 0) is 37.5 Å². The van der Waals surface area contributed by atoms with Crippen LogP contribution in [-0.2, 0) is 16.0 Å². The summed E-state index contributed by atoms with van der Waals surface area (Å²) in [6.45, 7) is 6.66. The first-order valence-corrected chi connectivity index (χ1v) is 9.03. The number of ether oxygens (including phenoxy) is 2. The van der Waals surface area contributed by atoms with E-state index in [1.807, 2.05) is 31.3 Å². The Hall–Kier alpha value is -1.86. The van der Waals surface area contributed by atoms with Crippen molar-refractivity contribution in [2.75, 3.05) is 51.9 Å². The van der Waals surface area contributed by atoms with E-state index in [1.54, 1.807) is 0 Å². The quantitative estimate of drug-likeness (QED) is 0.399. The summed E-state index contributed by atoms with van der Waals surface area (Å²) in [5.74, 6) is 1.77. The zero-order chi connectivity index (χ0) is 17.9. The smallest absolute Gasteiger partial charge is 0.191 e. The van der Waals surface area contributed by atoms with Crippen LogP contribution in [-0.4, -0.2) is 64.1 Å². The Morgan fingerprint density at radius 1 is 1.44 bits per heavy atom. The number of anilines is 1. The number of pyridine rings is 1. The zero-order valence-electron chi connectivity index (χ0n) is 15.6. The maximum Gasteiger partial charge on any atom is 0.191 e. The molecule has 2 rings (SSSR count). The van der Waals surface area contributed by atoms with E-state index >= 15 is 0 Å². The van der Waals surface area contributed by atoms with E-state index < -0.39 is 0 Å². The Labute approximate surface area is 150 Å². The van der Waals surface area contributed by atoms with Gasteiger partial charge in [0.05, 0.1) is 19.3 Å². The van der Waals surface area contributed by atoms with Crippen molar-refractivity contribution in [2.24, 2.45) is 4.99 Å². The lowest BCUT2D eigenvalue weighted by atomic mass is 10.2. The van der Waals surface area contributed by atoms with Crippen LogP contribution in [0.1, 0.15) is 25.3 Å². The van der Waals surface area contributed by atoms with E-state index in [2.05, 4.69) is 33.6 Å². The molecule has 7 heteroatoms. The van der Waals surface area contributed by atoms with Crippen molar-refractivity contribution in [3.63, 3.8) is 0 Å². The lowest BCUT2D eigenvalue weighted by Gasteiger charge is -2.14. The van der Waals surface area contributed by atoms with Crippen LogP contribution in [0.4, 0.5) is 5.82 Å². The molecule has 25 heavy (non-hydrogen) atoms. The largest absolute Gasteiger partial charge is 0.379 e. The molecule has 0 radical (unpaired) electrons. The fraction of sp³-hybridized carbons (Fsp3) is 0.667. The summed E-state index contributed by atoms with van der Waals surface area (Å²) in [6.07, 6.45) is 4.06. The maximum absolute atomic E-state index is 5.77. The Balaban J connectivity index is 1.74. The lowest BCUT2D eigenvalue weighted by molar-refractivity contribution is 0.0420. The molecular formula is C18H31N5O2. The third-order valence-electron chi connectivity index (χ3n) is 3.89. The molecule has 1 saturated heterocycles. The molecule has 1 aliphatic rings. The van der Waals surface area contributed by atoms with Crippen molar-refractivity contribution >= 4 is 11.8 Å². The average Bonchev–Trinajstić information content (AvgIpc) is 3.13. The molecule has 140 valence electrons. The van der Waals surface area contributed by atoms with Crippen LogP contribution in [0.5, 0.6) is 0 Å². The molecule has 1 aromatic heterocycles. The van der Waals surface area contributed by atoms with Crippen LogP contribution in [0.3, 0.4) is 0 Å². The molecule has 0 amide bonds. The Morgan fingerprint density at radius 2 is 2.32 bits per heavy atom. The van der Waals surface area contributed by atoms with Gasteiger partial charge < -0.3 is 25.0 Å². The Bertz CT molecular complexity index is 530. The second-order valence-electron chi connectivity index (χ2n) is 6.25. The highest BCUT2D eigenvalue weighted by atomic mass is 16.5. The highest BCUT2D eigenvalue weighted by molar-refractivity contribution is 5.79. The van der Waals surface area contributed by atoms with E-state index in [0.717, 1.165) is 63.1 Å². The predicted molar refractivity (Wildman–Crippen MR) is 101 cm³/mol. The van der Waals surface area contributed by atoms with Gasteiger partial charge in [-0.25, -0.2) is 9.98 Å². The molecule has 0 saturated carbocycles. The van der Waals surface area contributed by atoms with Gasteiger partial charge in [0.15, 0.2) is 5.96 Å². The highest BCUT2D eigenvalue weighted by Gasteiger charge is 2.15. The van der Waals surface area contributed by atoms with Crippen molar-refractivity contribution in [3.8, 4) is 0 Å². The fourth-order valence-corrected chi connectivity index (χ4v) is 2.49. The van der Waals surface area contributed by atoms with Crippen molar-refractivity contribution < 1.29 is 9.47 Å². The van der Waals surface area contributed by atoms with Gasteiger partial charge in [-0.1, -0.05) is 0 Å². The normalized spacial score (nSPS) is 17.6. The van der Waals surface area contributed by atoms with Crippen molar-refractivity contribution in [1.82, 2.24) is 15.6 Å². The second-order valence-corrected chi connectivity index (χ2v) is 6.25. The molecule has 0 aliphatic carbocycles. The molecule has 1 aliphatic heterocycles. The van der Waals surface area contributed by atoms with Crippen LogP contribution >= 0.6 is 0 Å². The molecule has 2 heterocycles. The van der Waals surface area contributed by atoms with Gasteiger partial charge in [-0.2, -0.15) is 0 Å². The summed E-state index contributed by atoms with van der Waals surface area (Å²) in [4.78, 5) is 11.0. The van der Waals surface area contributed by atoms with Crippen LogP contribution in [0, 0.1) is 0 Å². The molecule has 0 spiro atoms. The highest BCUT2D eigenvalue weighted by Crippen LogP contribution is 2.10. The monoisotopic (exact) mass is 349 g/mol. The van der Waals surface area contributed by atoms with E-state index in [-0.39, 0.29) is 6.10 Å². The summed E-state index contributed by atoms with van der Waals surface area (Å²) >= 11 is 0. The Kier molecular flexibility index (Phi) is 8.48. The summed E-state index contributed by atoms with van der Waals surface area (Å²) in [7, 11) is 3.97. The second kappa shape index (κ2) is 10.9. The minimum absolute atomic E-state index is 0.277. The summed E-state index contributed by atoms with van der Waals surface area (Å²) in [5.41, 5.74) is 1.14. The number of aliphatic imine (C=N–C) groups is 1. The third kappa shape index (κ3) is 7.27. The number of nitrogens with one attached hydrogen (secondary N) is 2. The van der Waals surface area contributed by atoms with E-state index in [9.17, 15) is 0 Å². The van der Waals surface area contributed by atoms with Gasteiger partial charge >= 0.3 is 0 Å². The molecular weight excluding hydrogens is 318 g/mol. The van der Waals surface area contributed by atoms with Gasteiger partial charge in [0.2, 0.25) is 0 Å². The van der Waals surface area contributed by atoms with Crippen LogP contribution in [0.15, 0.2) is 23.3 Å². The Morgan fingerprint density at radius 3 is 3.04 bits per heavy atom. The molecule has 0 bridgehead atoms. The standard InChI is InChI=1S/C18H31N5O2/c1-4-19-18(21-8-5-10-25-16-7-11-24-14-16)22-13-15-6-9-20-17(12-15)23(2)3/h6,9,12,16H,4-5,7-8,10-11,13-14H2,1-3H3,(H2,19,21,22). The summed E-state index contributed by atoms with van der Waals surface area (Å²) in [5, 5.41) is 6.63. The molecule has 1 aromatic rings. The van der Waals surface area contributed by atoms with E-state index in [1.165, 1.54) is 0 Å². The lowest BCUT2D eigenvalue weighted by Crippen LogP contribution is -2.38. The molecule has 1 unspecified atom stereocenters. The zero-order valence-corrected chi connectivity index (χ0v) is 15.6. The minimum atomic E-state index is 0.277. The fourth-order valence-electron chi connectivity index (χ4n) is 2.49.